The monoisotopic (exact) mass is 311 g/mol. The van der Waals surface area contributed by atoms with Crippen LogP contribution in [0.4, 0.5) is 11.4 Å². The van der Waals surface area contributed by atoms with Crippen molar-refractivity contribution in [1.29, 1.82) is 0 Å². The standard InChI is InChI=1S/C14H21N3O5/c1-3-6-15-8-11(19)9-22-12-4-5-13(16-10(2)18)14(7-12)17(20)21/h4-5,7,11,15,19H,3,6,8-9H2,1-2H3,(H,16,18). The van der Waals surface area contributed by atoms with E-state index in [0.717, 1.165) is 13.0 Å². The third kappa shape index (κ3) is 6.06. The van der Waals surface area contributed by atoms with Crippen LogP contribution in [-0.2, 0) is 4.79 Å². The molecule has 8 nitrogen and oxygen atoms in total. The smallest absolute Gasteiger partial charge is 0.296 e. The van der Waals surface area contributed by atoms with Gasteiger partial charge in [0, 0.05) is 13.5 Å². The second kappa shape index (κ2) is 8.96. The summed E-state index contributed by atoms with van der Waals surface area (Å²) in [6.45, 7) is 4.50. The molecule has 122 valence electrons. The Bertz CT molecular complexity index is 521. The van der Waals surface area contributed by atoms with Crippen molar-refractivity contribution < 1.29 is 19.6 Å². The number of anilines is 1. The summed E-state index contributed by atoms with van der Waals surface area (Å²) in [5.74, 6) is -0.135. The predicted molar refractivity (Wildman–Crippen MR) is 82.1 cm³/mol. The summed E-state index contributed by atoms with van der Waals surface area (Å²) in [5, 5.41) is 26.1. The number of nitro groups is 1. The van der Waals surface area contributed by atoms with E-state index in [4.69, 9.17) is 4.74 Å². The number of rotatable bonds is 9. The van der Waals surface area contributed by atoms with E-state index in [0.29, 0.717) is 6.54 Å². The lowest BCUT2D eigenvalue weighted by Crippen LogP contribution is -2.31. The fraction of sp³-hybridized carbons (Fsp3) is 0.500. The maximum Gasteiger partial charge on any atom is 0.296 e. The van der Waals surface area contributed by atoms with Crippen LogP contribution in [0.15, 0.2) is 18.2 Å². The molecule has 1 atom stereocenters. The number of aliphatic hydroxyl groups is 1. The summed E-state index contributed by atoms with van der Waals surface area (Å²) >= 11 is 0. The summed E-state index contributed by atoms with van der Waals surface area (Å²) in [6, 6.07) is 4.12. The fourth-order valence-electron chi connectivity index (χ4n) is 1.74. The van der Waals surface area contributed by atoms with E-state index in [1.807, 2.05) is 6.92 Å². The molecule has 0 spiro atoms. The summed E-state index contributed by atoms with van der Waals surface area (Å²) in [6.07, 6.45) is 0.255. The van der Waals surface area contributed by atoms with Crippen molar-refractivity contribution in [3.8, 4) is 5.75 Å². The number of hydrogen-bond donors (Lipinski definition) is 3. The van der Waals surface area contributed by atoms with Crippen molar-refractivity contribution in [2.75, 3.05) is 25.0 Å². The third-order valence-corrected chi connectivity index (χ3v) is 2.73. The molecule has 8 heteroatoms. The minimum Gasteiger partial charge on any atom is -0.491 e. The van der Waals surface area contributed by atoms with Gasteiger partial charge in [-0.1, -0.05) is 6.92 Å². The van der Waals surface area contributed by atoms with Crippen LogP contribution in [0.25, 0.3) is 0 Å². The van der Waals surface area contributed by atoms with Crippen LogP contribution in [0.5, 0.6) is 5.75 Å². The predicted octanol–water partition coefficient (Wildman–Crippen LogP) is 1.29. The van der Waals surface area contributed by atoms with Crippen molar-refractivity contribution in [2.45, 2.75) is 26.4 Å². The van der Waals surface area contributed by atoms with Gasteiger partial charge in [-0.2, -0.15) is 0 Å². The SMILES string of the molecule is CCCNCC(O)COc1ccc(NC(C)=O)c([N+](=O)[O-])c1. The van der Waals surface area contributed by atoms with E-state index in [2.05, 4.69) is 10.6 Å². The highest BCUT2D eigenvalue weighted by Crippen LogP contribution is 2.29. The molecule has 1 aromatic rings. The van der Waals surface area contributed by atoms with E-state index < -0.39 is 16.9 Å². The minimum absolute atomic E-state index is 0.0212. The maximum atomic E-state index is 11.0. The molecule has 0 saturated carbocycles. The second-order valence-electron chi connectivity index (χ2n) is 4.79. The molecular weight excluding hydrogens is 290 g/mol. The summed E-state index contributed by atoms with van der Waals surface area (Å²) in [7, 11) is 0. The van der Waals surface area contributed by atoms with Gasteiger partial charge in [-0.3, -0.25) is 14.9 Å². The van der Waals surface area contributed by atoms with Gasteiger partial charge >= 0.3 is 0 Å². The van der Waals surface area contributed by atoms with Crippen molar-refractivity contribution in [2.24, 2.45) is 0 Å². The van der Waals surface area contributed by atoms with E-state index in [1.54, 1.807) is 0 Å². The Hall–Kier alpha value is -2.19. The Morgan fingerprint density at radius 2 is 2.23 bits per heavy atom. The van der Waals surface area contributed by atoms with Gasteiger partial charge in [0.25, 0.3) is 5.69 Å². The molecule has 3 N–H and O–H groups in total. The molecule has 0 aliphatic rings. The Kier molecular flexibility index (Phi) is 7.27. The van der Waals surface area contributed by atoms with Crippen LogP contribution in [-0.4, -0.2) is 41.7 Å². The van der Waals surface area contributed by atoms with E-state index >= 15 is 0 Å². The zero-order valence-electron chi connectivity index (χ0n) is 12.7. The number of aliphatic hydroxyl groups excluding tert-OH is 1. The number of nitro benzene ring substituents is 1. The lowest BCUT2D eigenvalue weighted by Gasteiger charge is -2.13. The van der Waals surface area contributed by atoms with Crippen LogP contribution < -0.4 is 15.4 Å². The van der Waals surface area contributed by atoms with Crippen LogP contribution in [0.1, 0.15) is 20.3 Å². The summed E-state index contributed by atoms with van der Waals surface area (Å²) in [5.41, 5.74) is -0.152. The highest BCUT2D eigenvalue weighted by atomic mass is 16.6. The molecule has 0 fully saturated rings. The third-order valence-electron chi connectivity index (χ3n) is 2.73. The Morgan fingerprint density at radius 1 is 1.50 bits per heavy atom. The molecule has 0 heterocycles. The van der Waals surface area contributed by atoms with Crippen LogP contribution in [0.3, 0.4) is 0 Å². The molecule has 0 bridgehead atoms. The number of carbonyl (C=O) groups excluding carboxylic acids is 1. The van der Waals surface area contributed by atoms with Gasteiger partial charge < -0.3 is 20.5 Å². The van der Waals surface area contributed by atoms with Gasteiger partial charge in [-0.25, -0.2) is 0 Å². The Balaban J connectivity index is 2.66. The van der Waals surface area contributed by atoms with Crippen molar-refractivity contribution >= 4 is 17.3 Å². The largest absolute Gasteiger partial charge is 0.491 e. The first kappa shape index (κ1) is 17.9. The first-order valence-corrected chi connectivity index (χ1v) is 7.01. The quantitative estimate of drug-likeness (QED) is 0.360. The molecule has 0 aromatic heterocycles. The molecule has 0 saturated heterocycles. The van der Waals surface area contributed by atoms with Gasteiger partial charge in [0.2, 0.25) is 5.91 Å². The highest BCUT2D eigenvalue weighted by Gasteiger charge is 2.16. The van der Waals surface area contributed by atoms with Crippen molar-refractivity contribution in [3.63, 3.8) is 0 Å². The molecule has 0 radical (unpaired) electrons. The second-order valence-corrected chi connectivity index (χ2v) is 4.79. The number of amides is 1. The Labute approximate surface area is 128 Å². The summed E-state index contributed by atoms with van der Waals surface area (Å²) < 4.78 is 5.34. The van der Waals surface area contributed by atoms with E-state index in [-0.39, 0.29) is 23.7 Å². The lowest BCUT2D eigenvalue weighted by molar-refractivity contribution is -0.384. The number of carbonyl (C=O) groups is 1. The van der Waals surface area contributed by atoms with E-state index in [9.17, 15) is 20.0 Å². The number of hydrogen-bond acceptors (Lipinski definition) is 6. The maximum absolute atomic E-state index is 11.0. The van der Waals surface area contributed by atoms with Gasteiger partial charge in [-0.15, -0.1) is 0 Å². The lowest BCUT2D eigenvalue weighted by atomic mass is 10.2. The first-order chi connectivity index (χ1) is 10.4. The number of nitrogens with one attached hydrogen (secondary N) is 2. The molecule has 0 aliphatic heterocycles. The summed E-state index contributed by atoms with van der Waals surface area (Å²) in [4.78, 5) is 21.4. The van der Waals surface area contributed by atoms with Crippen LogP contribution in [0.2, 0.25) is 0 Å². The molecule has 1 aromatic carbocycles. The fourth-order valence-corrected chi connectivity index (χ4v) is 1.74. The number of benzene rings is 1. The number of ether oxygens (including phenoxy) is 1. The number of nitrogens with zero attached hydrogens (tertiary/aromatic N) is 1. The highest BCUT2D eigenvalue weighted by molar-refractivity contribution is 5.91. The zero-order valence-corrected chi connectivity index (χ0v) is 12.7. The zero-order chi connectivity index (χ0) is 16.5. The first-order valence-electron chi connectivity index (χ1n) is 7.01. The normalized spacial score (nSPS) is 11.8. The molecule has 1 unspecified atom stereocenters. The average molecular weight is 311 g/mol. The minimum atomic E-state index is -0.708. The van der Waals surface area contributed by atoms with Crippen molar-refractivity contribution in [3.05, 3.63) is 28.3 Å². The molecule has 22 heavy (non-hydrogen) atoms. The van der Waals surface area contributed by atoms with Crippen LogP contribution >= 0.6 is 0 Å². The van der Waals surface area contributed by atoms with Gasteiger partial charge in [0.05, 0.1) is 11.0 Å². The molecule has 1 rings (SSSR count). The Morgan fingerprint density at radius 3 is 2.82 bits per heavy atom. The van der Waals surface area contributed by atoms with Crippen LogP contribution in [0, 0.1) is 10.1 Å². The van der Waals surface area contributed by atoms with Crippen molar-refractivity contribution in [1.82, 2.24) is 5.32 Å². The van der Waals surface area contributed by atoms with E-state index in [1.165, 1.54) is 25.1 Å². The topological polar surface area (TPSA) is 114 Å². The molecule has 1 amide bonds. The van der Waals surface area contributed by atoms with Gasteiger partial charge in [0.1, 0.15) is 24.1 Å². The molecule has 0 aliphatic carbocycles. The average Bonchev–Trinajstić information content (AvgIpc) is 2.45. The molecular formula is C14H21N3O5. The van der Waals surface area contributed by atoms with Gasteiger partial charge in [-0.05, 0) is 25.1 Å². The van der Waals surface area contributed by atoms with Gasteiger partial charge in [0.15, 0.2) is 0 Å².